The number of hydrogen-bond donors (Lipinski definition) is 3. The Labute approximate surface area is 121 Å². The normalized spacial score (nSPS) is 29.5. The number of hydrazine groups is 1. The summed E-state index contributed by atoms with van der Waals surface area (Å²) in [6.07, 6.45) is 10.3. The predicted molar refractivity (Wildman–Crippen MR) is 84.3 cm³/mol. The summed E-state index contributed by atoms with van der Waals surface area (Å²) in [6, 6.07) is 0.995. The van der Waals surface area contributed by atoms with Crippen LogP contribution < -0.4 is 16.6 Å². The van der Waals surface area contributed by atoms with Crippen molar-refractivity contribution < 1.29 is 0 Å². The maximum Gasteiger partial charge on any atom is 0.206 e. The molecule has 2 atom stereocenters. The highest BCUT2D eigenvalue weighted by Gasteiger charge is 2.27. The number of rotatable bonds is 4. The van der Waals surface area contributed by atoms with E-state index in [2.05, 4.69) is 17.7 Å². The molecule has 2 fully saturated rings. The van der Waals surface area contributed by atoms with Gasteiger partial charge in [0.15, 0.2) is 0 Å². The lowest BCUT2D eigenvalue weighted by Crippen LogP contribution is -2.47. The quantitative estimate of drug-likeness (QED) is 0.321. The lowest BCUT2D eigenvalue weighted by atomic mass is 9.96. The van der Waals surface area contributed by atoms with E-state index in [4.69, 9.17) is 10.8 Å². The Hall–Kier alpha value is -0.420. The van der Waals surface area contributed by atoms with Crippen molar-refractivity contribution in [2.75, 3.05) is 5.75 Å². The largest absolute Gasteiger partial charge is 0.353 e. The highest BCUT2D eigenvalue weighted by Crippen LogP contribution is 2.32. The molecule has 19 heavy (non-hydrogen) atoms. The molecule has 0 aromatic heterocycles. The van der Waals surface area contributed by atoms with Gasteiger partial charge < -0.3 is 5.32 Å². The standard InChI is InChI=1S/C14H28N4S/c1-2-19-13-10-6-9-12(13)17-14(18-15)16-11-7-4-3-5-8-11/h11-13H,2-10,15H2,1H3,(H2,16,17,18). The Bertz CT molecular complexity index is 289. The zero-order chi connectivity index (χ0) is 13.5. The van der Waals surface area contributed by atoms with Crippen LogP contribution >= 0.6 is 11.8 Å². The molecule has 2 unspecified atom stereocenters. The van der Waals surface area contributed by atoms with E-state index < -0.39 is 0 Å². The molecule has 4 nitrogen and oxygen atoms in total. The second kappa shape index (κ2) is 8.00. The lowest BCUT2D eigenvalue weighted by Gasteiger charge is -2.25. The molecule has 0 aromatic carbocycles. The summed E-state index contributed by atoms with van der Waals surface area (Å²) in [5.41, 5.74) is 2.77. The van der Waals surface area contributed by atoms with Crippen molar-refractivity contribution >= 4 is 17.7 Å². The average Bonchev–Trinajstić information content (AvgIpc) is 2.87. The van der Waals surface area contributed by atoms with Gasteiger partial charge in [0.2, 0.25) is 5.96 Å². The first-order valence-corrected chi connectivity index (χ1v) is 8.81. The van der Waals surface area contributed by atoms with Crippen LogP contribution in [0.3, 0.4) is 0 Å². The van der Waals surface area contributed by atoms with Crippen LogP contribution in [-0.4, -0.2) is 29.0 Å². The minimum absolute atomic E-state index is 0.437. The molecule has 4 N–H and O–H groups in total. The third kappa shape index (κ3) is 4.56. The van der Waals surface area contributed by atoms with E-state index in [9.17, 15) is 0 Å². The molecule has 2 aliphatic carbocycles. The van der Waals surface area contributed by atoms with Crippen LogP contribution in [0.5, 0.6) is 0 Å². The van der Waals surface area contributed by atoms with E-state index in [1.54, 1.807) is 0 Å². The molecule has 0 heterocycles. The van der Waals surface area contributed by atoms with Gasteiger partial charge in [-0.3, -0.25) is 5.43 Å². The lowest BCUT2D eigenvalue weighted by molar-refractivity contribution is 0.409. The van der Waals surface area contributed by atoms with Gasteiger partial charge in [-0.05, 0) is 31.4 Å². The summed E-state index contributed by atoms with van der Waals surface area (Å²) in [4.78, 5) is 4.84. The van der Waals surface area contributed by atoms with Crippen LogP contribution in [0.2, 0.25) is 0 Å². The smallest absolute Gasteiger partial charge is 0.206 e. The van der Waals surface area contributed by atoms with Crippen molar-refractivity contribution in [2.45, 2.75) is 75.6 Å². The van der Waals surface area contributed by atoms with Crippen molar-refractivity contribution in [3.63, 3.8) is 0 Å². The maximum atomic E-state index is 5.64. The molecule has 0 amide bonds. The summed E-state index contributed by atoms with van der Waals surface area (Å²) < 4.78 is 0. The fourth-order valence-corrected chi connectivity index (χ4v) is 4.37. The van der Waals surface area contributed by atoms with Crippen molar-refractivity contribution in [3.8, 4) is 0 Å². The topological polar surface area (TPSA) is 62.4 Å². The maximum absolute atomic E-state index is 5.64. The fraction of sp³-hybridized carbons (Fsp3) is 0.929. The van der Waals surface area contributed by atoms with Crippen LogP contribution in [0.1, 0.15) is 58.3 Å². The van der Waals surface area contributed by atoms with Crippen molar-refractivity contribution in [2.24, 2.45) is 10.8 Å². The van der Waals surface area contributed by atoms with Crippen LogP contribution in [0.25, 0.3) is 0 Å². The Morgan fingerprint density at radius 1 is 1.16 bits per heavy atom. The molecule has 0 spiro atoms. The van der Waals surface area contributed by atoms with Gasteiger partial charge in [-0.25, -0.2) is 10.8 Å². The van der Waals surface area contributed by atoms with E-state index in [1.165, 1.54) is 57.1 Å². The minimum Gasteiger partial charge on any atom is -0.353 e. The zero-order valence-electron chi connectivity index (χ0n) is 12.0. The molecular weight excluding hydrogens is 256 g/mol. The zero-order valence-corrected chi connectivity index (χ0v) is 12.8. The molecule has 0 radical (unpaired) electrons. The molecule has 5 heteroatoms. The summed E-state index contributed by atoms with van der Waals surface area (Å²) >= 11 is 2.04. The summed E-state index contributed by atoms with van der Waals surface area (Å²) in [5.74, 6) is 7.62. The molecule has 2 aliphatic rings. The first-order chi connectivity index (χ1) is 9.33. The van der Waals surface area contributed by atoms with Gasteiger partial charge in [0.25, 0.3) is 0 Å². The van der Waals surface area contributed by atoms with Gasteiger partial charge in [0.05, 0.1) is 6.04 Å². The molecule has 2 saturated carbocycles. The predicted octanol–water partition coefficient (Wildman–Crippen LogP) is 2.40. The Morgan fingerprint density at radius 3 is 2.63 bits per heavy atom. The summed E-state index contributed by atoms with van der Waals surface area (Å²) in [6.45, 7) is 2.23. The van der Waals surface area contributed by atoms with Gasteiger partial charge >= 0.3 is 0 Å². The van der Waals surface area contributed by atoms with Gasteiger partial charge in [0.1, 0.15) is 0 Å². The number of thioether (sulfide) groups is 1. The molecule has 0 aromatic rings. The van der Waals surface area contributed by atoms with E-state index >= 15 is 0 Å². The highest BCUT2D eigenvalue weighted by molar-refractivity contribution is 7.99. The van der Waals surface area contributed by atoms with Crippen LogP contribution in [-0.2, 0) is 0 Å². The molecule has 2 rings (SSSR count). The van der Waals surface area contributed by atoms with Gasteiger partial charge in [0, 0.05) is 11.3 Å². The Balaban J connectivity index is 1.89. The minimum atomic E-state index is 0.437. The molecular formula is C14H28N4S. The second-order valence-electron chi connectivity index (χ2n) is 5.59. The molecule has 110 valence electrons. The van der Waals surface area contributed by atoms with Crippen LogP contribution in [0.4, 0.5) is 0 Å². The number of guanidine groups is 1. The number of nitrogens with one attached hydrogen (secondary N) is 2. The summed E-state index contributed by atoms with van der Waals surface area (Å²) in [5, 5.41) is 4.18. The Morgan fingerprint density at radius 2 is 1.95 bits per heavy atom. The highest BCUT2D eigenvalue weighted by atomic mass is 32.2. The van der Waals surface area contributed by atoms with E-state index in [-0.39, 0.29) is 0 Å². The van der Waals surface area contributed by atoms with Gasteiger partial charge in [-0.15, -0.1) is 0 Å². The first kappa shape index (κ1) is 15.0. The second-order valence-corrected chi connectivity index (χ2v) is 7.11. The van der Waals surface area contributed by atoms with E-state index in [0.29, 0.717) is 17.3 Å². The number of hydrogen-bond acceptors (Lipinski definition) is 3. The third-order valence-electron chi connectivity index (χ3n) is 4.18. The Kier molecular flexibility index (Phi) is 6.31. The third-order valence-corrected chi connectivity index (χ3v) is 5.49. The average molecular weight is 284 g/mol. The number of nitrogens with two attached hydrogens (primary N) is 1. The van der Waals surface area contributed by atoms with Crippen LogP contribution in [0.15, 0.2) is 4.99 Å². The van der Waals surface area contributed by atoms with Gasteiger partial charge in [-0.1, -0.05) is 32.6 Å². The number of nitrogens with zero attached hydrogens (tertiary/aromatic N) is 1. The van der Waals surface area contributed by atoms with Gasteiger partial charge in [-0.2, -0.15) is 11.8 Å². The summed E-state index contributed by atoms with van der Waals surface area (Å²) in [7, 11) is 0. The van der Waals surface area contributed by atoms with E-state index in [1.807, 2.05) is 11.8 Å². The molecule has 0 saturated heterocycles. The SMILES string of the molecule is CCSC1CCCC1N=C(NN)NC1CCCCC1. The van der Waals surface area contributed by atoms with Crippen molar-refractivity contribution in [1.29, 1.82) is 0 Å². The monoisotopic (exact) mass is 284 g/mol. The fourth-order valence-electron chi connectivity index (χ4n) is 3.18. The molecule has 0 bridgehead atoms. The van der Waals surface area contributed by atoms with E-state index in [0.717, 1.165) is 5.96 Å². The molecule has 0 aliphatic heterocycles. The van der Waals surface area contributed by atoms with Crippen LogP contribution in [0, 0.1) is 0 Å². The first-order valence-electron chi connectivity index (χ1n) is 7.76. The number of aliphatic imine (C=N–C) groups is 1. The van der Waals surface area contributed by atoms with Crippen molar-refractivity contribution in [3.05, 3.63) is 0 Å². The van der Waals surface area contributed by atoms with Crippen molar-refractivity contribution in [1.82, 2.24) is 10.7 Å².